The molecule has 1 atom stereocenters. The van der Waals surface area contributed by atoms with E-state index in [-0.39, 0.29) is 18.7 Å². The Bertz CT molecular complexity index is 891. The molecule has 30 heavy (non-hydrogen) atoms. The number of anilines is 2. The monoisotopic (exact) mass is 428 g/mol. The van der Waals surface area contributed by atoms with Gasteiger partial charge in [-0.1, -0.05) is 19.1 Å². The Kier molecular flexibility index (Phi) is 7.05. The average Bonchev–Trinajstić information content (AvgIpc) is 3.29. The van der Waals surface area contributed by atoms with Crippen molar-refractivity contribution < 1.29 is 4.74 Å². The zero-order chi connectivity index (χ0) is 20.2. The number of nitrogens with two attached hydrogens (primary N) is 1. The number of halogens is 1. The lowest BCUT2D eigenvalue weighted by Gasteiger charge is -2.38. The van der Waals surface area contributed by atoms with Crippen molar-refractivity contribution >= 4 is 35.7 Å². The second-order valence-electron chi connectivity index (χ2n) is 7.23. The Morgan fingerprint density at radius 3 is 2.33 bits per heavy atom. The fourth-order valence-electron chi connectivity index (χ4n) is 3.70. The van der Waals surface area contributed by atoms with Gasteiger partial charge in [-0.2, -0.15) is 4.99 Å². The SMILES string of the molecule is CCc1ccc(NC2N=C(N)N=C(N3CCCC3)N2c2ccc(OC)cc2)cc1.Cl. The Hall–Kier alpha value is -2.93. The standard InChI is InChI=1S/C22H28N6O.ClH/c1-3-16-6-8-17(9-7-16)24-21-25-20(23)26-22(27-14-4-5-15-27)28(21)18-10-12-19(29-2)13-11-18;/h6-13,21,24H,3-5,14-15H2,1-2H3,(H2,23,25);1H. The molecule has 2 aliphatic rings. The second kappa shape index (κ2) is 9.71. The Morgan fingerprint density at radius 1 is 1.07 bits per heavy atom. The molecule has 0 aliphatic carbocycles. The molecule has 0 aromatic heterocycles. The minimum Gasteiger partial charge on any atom is -0.497 e. The maximum Gasteiger partial charge on any atom is 0.222 e. The van der Waals surface area contributed by atoms with Crippen LogP contribution in [0.1, 0.15) is 25.3 Å². The van der Waals surface area contributed by atoms with Gasteiger partial charge in [0.25, 0.3) is 0 Å². The number of rotatable bonds is 5. The highest BCUT2D eigenvalue weighted by molar-refractivity contribution is 6.06. The minimum absolute atomic E-state index is 0. The first-order chi connectivity index (χ1) is 14.2. The summed E-state index contributed by atoms with van der Waals surface area (Å²) in [4.78, 5) is 13.6. The number of nitrogens with zero attached hydrogens (tertiary/aromatic N) is 4. The third-order valence-electron chi connectivity index (χ3n) is 5.33. The van der Waals surface area contributed by atoms with Crippen molar-refractivity contribution in [2.24, 2.45) is 15.7 Å². The van der Waals surface area contributed by atoms with E-state index in [2.05, 4.69) is 56.3 Å². The number of hydrogen-bond acceptors (Lipinski definition) is 7. The van der Waals surface area contributed by atoms with Gasteiger partial charge in [-0.05, 0) is 61.2 Å². The summed E-state index contributed by atoms with van der Waals surface area (Å²) in [5.41, 5.74) is 9.39. The van der Waals surface area contributed by atoms with Gasteiger partial charge in [-0.3, -0.25) is 4.90 Å². The molecule has 4 rings (SSSR count). The van der Waals surface area contributed by atoms with E-state index in [1.807, 2.05) is 24.3 Å². The van der Waals surface area contributed by atoms with Crippen molar-refractivity contribution in [3.05, 3.63) is 54.1 Å². The van der Waals surface area contributed by atoms with Crippen molar-refractivity contribution in [2.45, 2.75) is 32.5 Å². The van der Waals surface area contributed by atoms with Crippen LogP contribution >= 0.6 is 12.4 Å². The van der Waals surface area contributed by atoms with Crippen LogP contribution in [0.5, 0.6) is 5.75 Å². The number of guanidine groups is 2. The molecule has 2 aromatic rings. The molecule has 0 spiro atoms. The van der Waals surface area contributed by atoms with Gasteiger partial charge in [-0.25, -0.2) is 4.99 Å². The summed E-state index contributed by atoms with van der Waals surface area (Å²) in [7, 11) is 1.67. The fraction of sp³-hybridized carbons (Fsp3) is 0.364. The normalized spacial score (nSPS) is 18.4. The molecular formula is C22H29ClN6O. The van der Waals surface area contributed by atoms with Gasteiger partial charge >= 0.3 is 0 Å². The molecule has 1 saturated heterocycles. The molecule has 1 unspecified atom stereocenters. The van der Waals surface area contributed by atoms with E-state index in [9.17, 15) is 0 Å². The molecule has 2 heterocycles. The smallest absolute Gasteiger partial charge is 0.222 e. The van der Waals surface area contributed by atoms with E-state index >= 15 is 0 Å². The van der Waals surface area contributed by atoms with Crippen LogP contribution in [0.25, 0.3) is 0 Å². The Labute approximate surface area is 184 Å². The number of likely N-dealkylation sites (tertiary alicyclic amines) is 1. The average molecular weight is 429 g/mol. The van der Waals surface area contributed by atoms with E-state index in [0.29, 0.717) is 5.96 Å². The molecule has 2 aromatic carbocycles. The lowest BCUT2D eigenvalue weighted by molar-refractivity contribution is 0.415. The van der Waals surface area contributed by atoms with Gasteiger partial charge in [0.2, 0.25) is 18.2 Å². The summed E-state index contributed by atoms with van der Waals surface area (Å²) < 4.78 is 5.32. The van der Waals surface area contributed by atoms with E-state index in [0.717, 1.165) is 55.4 Å². The van der Waals surface area contributed by atoms with Crippen molar-refractivity contribution in [3.8, 4) is 5.75 Å². The third-order valence-corrected chi connectivity index (χ3v) is 5.33. The highest BCUT2D eigenvalue weighted by atomic mass is 35.5. The third kappa shape index (κ3) is 4.62. The first kappa shape index (κ1) is 21.8. The van der Waals surface area contributed by atoms with Gasteiger partial charge in [0.05, 0.1) is 7.11 Å². The Balaban J connectivity index is 0.00000256. The first-order valence-corrected chi connectivity index (χ1v) is 10.1. The van der Waals surface area contributed by atoms with E-state index in [1.165, 1.54) is 5.56 Å². The molecule has 160 valence electrons. The van der Waals surface area contributed by atoms with Gasteiger partial charge in [0.1, 0.15) is 5.75 Å². The van der Waals surface area contributed by atoms with Crippen LogP contribution in [-0.4, -0.2) is 43.3 Å². The highest BCUT2D eigenvalue weighted by Gasteiger charge is 2.32. The van der Waals surface area contributed by atoms with Crippen molar-refractivity contribution in [1.29, 1.82) is 0 Å². The molecule has 1 fully saturated rings. The van der Waals surface area contributed by atoms with Crippen LogP contribution in [0.3, 0.4) is 0 Å². The summed E-state index contributed by atoms with van der Waals surface area (Å²) in [6, 6.07) is 16.4. The summed E-state index contributed by atoms with van der Waals surface area (Å²) in [6.45, 7) is 4.09. The summed E-state index contributed by atoms with van der Waals surface area (Å²) in [5, 5.41) is 3.51. The molecule has 0 amide bonds. The summed E-state index contributed by atoms with van der Waals surface area (Å²) >= 11 is 0. The summed E-state index contributed by atoms with van der Waals surface area (Å²) in [6.07, 6.45) is 2.94. The van der Waals surface area contributed by atoms with Crippen LogP contribution in [0, 0.1) is 0 Å². The van der Waals surface area contributed by atoms with Crippen molar-refractivity contribution in [3.63, 3.8) is 0 Å². The van der Waals surface area contributed by atoms with Gasteiger partial charge in [-0.15, -0.1) is 12.4 Å². The molecule has 0 bridgehead atoms. The van der Waals surface area contributed by atoms with Crippen molar-refractivity contribution in [1.82, 2.24) is 4.90 Å². The zero-order valence-electron chi connectivity index (χ0n) is 17.4. The molecule has 7 nitrogen and oxygen atoms in total. The molecule has 8 heteroatoms. The number of hydrogen-bond donors (Lipinski definition) is 2. The molecule has 2 aliphatic heterocycles. The maximum atomic E-state index is 6.12. The first-order valence-electron chi connectivity index (χ1n) is 10.1. The van der Waals surface area contributed by atoms with Crippen LogP contribution in [-0.2, 0) is 6.42 Å². The van der Waals surface area contributed by atoms with Gasteiger partial charge in [0.15, 0.2) is 0 Å². The summed E-state index contributed by atoms with van der Waals surface area (Å²) in [5.74, 6) is 1.94. The topological polar surface area (TPSA) is 78.5 Å². The van der Waals surface area contributed by atoms with E-state index < -0.39 is 0 Å². The van der Waals surface area contributed by atoms with Crippen LogP contribution < -0.4 is 20.7 Å². The van der Waals surface area contributed by atoms with Crippen LogP contribution in [0.4, 0.5) is 11.4 Å². The lowest BCUT2D eigenvalue weighted by atomic mass is 10.1. The number of benzene rings is 2. The largest absolute Gasteiger partial charge is 0.497 e. The van der Waals surface area contributed by atoms with Crippen LogP contribution in [0.15, 0.2) is 58.5 Å². The molecule has 0 saturated carbocycles. The fourth-order valence-corrected chi connectivity index (χ4v) is 3.70. The predicted molar refractivity (Wildman–Crippen MR) is 126 cm³/mol. The minimum atomic E-state index is -0.385. The predicted octanol–water partition coefficient (Wildman–Crippen LogP) is 3.66. The highest BCUT2D eigenvalue weighted by Crippen LogP contribution is 2.27. The molecule has 0 radical (unpaired) electrons. The van der Waals surface area contributed by atoms with E-state index in [1.54, 1.807) is 7.11 Å². The van der Waals surface area contributed by atoms with Gasteiger partial charge in [0, 0.05) is 24.5 Å². The Morgan fingerprint density at radius 2 is 1.73 bits per heavy atom. The van der Waals surface area contributed by atoms with Crippen molar-refractivity contribution in [2.75, 3.05) is 30.4 Å². The van der Waals surface area contributed by atoms with Gasteiger partial charge < -0.3 is 20.7 Å². The zero-order valence-corrected chi connectivity index (χ0v) is 18.2. The second-order valence-corrected chi connectivity index (χ2v) is 7.23. The quantitative estimate of drug-likeness (QED) is 0.759. The molecule has 3 N–H and O–H groups in total. The number of aliphatic imine (C=N–C) groups is 2. The number of ether oxygens (including phenoxy) is 1. The number of methoxy groups -OCH3 is 1. The number of aryl methyl sites for hydroxylation is 1. The van der Waals surface area contributed by atoms with Crippen LogP contribution in [0.2, 0.25) is 0 Å². The molecular weight excluding hydrogens is 400 g/mol. The lowest BCUT2D eigenvalue weighted by Crippen LogP contribution is -2.54. The number of nitrogens with one attached hydrogen (secondary N) is 1. The maximum absolute atomic E-state index is 6.12. The van der Waals surface area contributed by atoms with E-state index in [4.69, 9.17) is 10.5 Å².